The second kappa shape index (κ2) is 7.75. The Morgan fingerprint density at radius 3 is 2.75 bits per heavy atom. The number of carbonyl (C=O) groups excluding carboxylic acids is 1. The molecule has 1 aromatic heterocycles. The third-order valence-electron chi connectivity index (χ3n) is 5.02. The average Bonchev–Trinajstić information content (AvgIpc) is 3.14. The summed E-state index contributed by atoms with van der Waals surface area (Å²) in [7, 11) is 1.87. The minimum Gasteiger partial charge on any atom is -0.340 e. The molecule has 0 N–H and O–H groups in total. The van der Waals surface area contributed by atoms with Crippen LogP contribution in [0, 0.1) is 0 Å². The molecular formula is C20H27N3O. The number of amides is 1. The van der Waals surface area contributed by atoms with Crippen molar-refractivity contribution in [2.75, 3.05) is 20.1 Å². The molecule has 4 nitrogen and oxygen atoms in total. The monoisotopic (exact) mass is 325 g/mol. The van der Waals surface area contributed by atoms with E-state index >= 15 is 0 Å². The number of nitrogens with zero attached hydrogens (tertiary/aromatic N) is 3. The zero-order valence-electron chi connectivity index (χ0n) is 14.7. The average molecular weight is 325 g/mol. The van der Waals surface area contributed by atoms with E-state index in [0.717, 1.165) is 23.0 Å². The summed E-state index contributed by atoms with van der Waals surface area (Å²) in [6, 6.07) is 12.7. The van der Waals surface area contributed by atoms with Gasteiger partial charge in [0.05, 0.1) is 17.8 Å². The van der Waals surface area contributed by atoms with Gasteiger partial charge in [-0.2, -0.15) is 0 Å². The van der Waals surface area contributed by atoms with Gasteiger partial charge in [-0.25, -0.2) is 0 Å². The van der Waals surface area contributed by atoms with E-state index in [1.165, 1.54) is 25.9 Å². The molecule has 24 heavy (non-hydrogen) atoms. The summed E-state index contributed by atoms with van der Waals surface area (Å²) >= 11 is 0. The summed E-state index contributed by atoms with van der Waals surface area (Å²) < 4.78 is 0. The van der Waals surface area contributed by atoms with Crippen molar-refractivity contribution in [3.8, 4) is 0 Å². The van der Waals surface area contributed by atoms with E-state index in [0.29, 0.717) is 19.0 Å². The van der Waals surface area contributed by atoms with Crippen molar-refractivity contribution < 1.29 is 4.79 Å². The van der Waals surface area contributed by atoms with Crippen LogP contribution in [0.3, 0.4) is 0 Å². The van der Waals surface area contributed by atoms with Gasteiger partial charge in [-0.05, 0) is 51.4 Å². The molecule has 1 aliphatic heterocycles. The number of rotatable bonds is 6. The van der Waals surface area contributed by atoms with Gasteiger partial charge in [0.25, 0.3) is 0 Å². The number of carbonyl (C=O) groups is 1. The molecule has 1 amide bonds. The lowest BCUT2D eigenvalue weighted by Gasteiger charge is -2.24. The Morgan fingerprint density at radius 1 is 1.21 bits per heavy atom. The molecule has 1 aromatic carbocycles. The molecule has 1 fully saturated rings. The van der Waals surface area contributed by atoms with Crippen molar-refractivity contribution in [1.29, 1.82) is 0 Å². The first kappa shape index (κ1) is 16.9. The summed E-state index contributed by atoms with van der Waals surface area (Å²) in [5.41, 5.74) is 1.93. The van der Waals surface area contributed by atoms with Crippen LogP contribution in [0.15, 0.2) is 36.4 Å². The molecule has 1 atom stereocenters. The van der Waals surface area contributed by atoms with Crippen LogP contribution < -0.4 is 0 Å². The van der Waals surface area contributed by atoms with Crippen LogP contribution in [-0.2, 0) is 11.3 Å². The molecule has 0 bridgehead atoms. The van der Waals surface area contributed by atoms with E-state index in [2.05, 4.69) is 28.9 Å². The Balaban J connectivity index is 1.52. The Hall–Kier alpha value is -1.94. The van der Waals surface area contributed by atoms with Gasteiger partial charge in [0.2, 0.25) is 5.91 Å². The Kier molecular flexibility index (Phi) is 5.46. The van der Waals surface area contributed by atoms with Gasteiger partial charge in [-0.3, -0.25) is 9.78 Å². The van der Waals surface area contributed by atoms with Crippen molar-refractivity contribution in [3.05, 3.63) is 42.1 Å². The first-order valence-electron chi connectivity index (χ1n) is 8.96. The van der Waals surface area contributed by atoms with Crippen molar-refractivity contribution in [2.45, 2.75) is 45.2 Å². The highest BCUT2D eigenvalue weighted by Crippen LogP contribution is 2.16. The smallest absolute Gasteiger partial charge is 0.222 e. The predicted octanol–water partition coefficient (Wildman–Crippen LogP) is 3.46. The predicted molar refractivity (Wildman–Crippen MR) is 97.7 cm³/mol. The molecule has 0 radical (unpaired) electrons. The van der Waals surface area contributed by atoms with Crippen LogP contribution in [0.4, 0.5) is 0 Å². The zero-order chi connectivity index (χ0) is 16.9. The molecule has 4 heteroatoms. The van der Waals surface area contributed by atoms with Crippen LogP contribution in [0.5, 0.6) is 0 Å². The Morgan fingerprint density at radius 2 is 1.96 bits per heavy atom. The first-order valence-corrected chi connectivity index (χ1v) is 8.96. The Labute approximate surface area is 144 Å². The van der Waals surface area contributed by atoms with Gasteiger partial charge in [0.1, 0.15) is 0 Å². The van der Waals surface area contributed by atoms with Crippen LogP contribution in [0.1, 0.15) is 38.3 Å². The van der Waals surface area contributed by atoms with Crippen molar-refractivity contribution in [1.82, 2.24) is 14.8 Å². The lowest BCUT2D eigenvalue weighted by Crippen LogP contribution is -2.32. The van der Waals surface area contributed by atoms with E-state index in [9.17, 15) is 4.79 Å². The van der Waals surface area contributed by atoms with Gasteiger partial charge in [-0.15, -0.1) is 0 Å². The molecule has 128 valence electrons. The number of hydrogen-bond donors (Lipinski definition) is 0. The molecule has 0 unspecified atom stereocenters. The fourth-order valence-corrected chi connectivity index (χ4v) is 3.42. The van der Waals surface area contributed by atoms with Gasteiger partial charge < -0.3 is 9.80 Å². The fourth-order valence-electron chi connectivity index (χ4n) is 3.42. The van der Waals surface area contributed by atoms with E-state index in [4.69, 9.17) is 0 Å². The SMILES string of the molecule is C[C@@H](CCC(=O)N(C)Cc1ccc2ccccc2n1)N1CCCC1. The highest BCUT2D eigenvalue weighted by Gasteiger charge is 2.19. The number of pyridine rings is 1. The Bertz CT molecular complexity index is 694. The topological polar surface area (TPSA) is 36.4 Å². The largest absolute Gasteiger partial charge is 0.340 e. The van der Waals surface area contributed by atoms with Crippen LogP contribution in [0.25, 0.3) is 10.9 Å². The lowest BCUT2D eigenvalue weighted by atomic mass is 10.1. The molecular weight excluding hydrogens is 298 g/mol. The number of para-hydroxylation sites is 1. The van der Waals surface area contributed by atoms with E-state index in [1.54, 1.807) is 4.90 Å². The fraction of sp³-hybridized carbons (Fsp3) is 0.500. The van der Waals surface area contributed by atoms with Gasteiger partial charge in [-0.1, -0.05) is 24.3 Å². The number of fused-ring (bicyclic) bond motifs is 1. The number of aromatic nitrogens is 1. The van der Waals surface area contributed by atoms with Crippen molar-refractivity contribution in [3.63, 3.8) is 0 Å². The lowest BCUT2D eigenvalue weighted by molar-refractivity contribution is -0.130. The van der Waals surface area contributed by atoms with Crippen LogP contribution in [0.2, 0.25) is 0 Å². The molecule has 1 aliphatic rings. The molecule has 0 aliphatic carbocycles. The summed E-state index contributed by atoms with van der Waals surface area (Å²) in [4.78, 5) is 21.4. The van der Waals surface area contributed by atoms with Crippen molar-refractivity contribution >= 4 is 16.8 Å². The second-order valence-electron chi connectivity index (χ2n) is 6.88. The van der Waals surface area contributed by atoms with Gasteiger partial charge in [0.15, 0.2) is 0 Å². The molecule has 0 saturated carbocycles. The maximum Gasteiger partial charge on any atom is 0.222 e. The number of benzene rings is 1. The van der Waals surface area contributed by atoms with Gasteiger partial charge >= 0.3 is 0 Å². The standard InChI is InChI=1S/C20H27N3O/c1-16(23-13-5-6-14-23)9-12-20(24)22(2)15-18-11-10-17-7-3-4-8-19(17)21-18/h3-4,7-8,10-11,16H,5-6,9,12-15H2,1-2H3/t16-/m0/s1. The highest BCUT2D eigenvalue weighted by molar-refractivity contribution is 5.79. The minimum absolute atomic E-state index is 0.205. The van der Waals surface area contributed by atoms with Crippen LogP contribution in [-0.4, -0.2) is 46.9 Å². The number of likely N-dealkylation sites (tertiary alicyclic amines) is 1. The first-order chi connectivity index (χ1) is 11.6. The maximum absolute atomic E-state index is 12.4. The van der Waals surface area contributed by atoms with Gasteiger partial charge in [0, 0.05) is 24.9 Å². The summed E-state index contributed by atoms with van der Waals surface area (Å²) in [6.45, 7) is 5.18. The maximum atomic E-state index is 12.4. The summed E-state index contributed by atoms with van der Waals surface area (Å²) in [6.07, 6.45) is 4.15. The quantitative estimate of drug-likeness (QED) is 0.816. The van der Waals surface area contributed by atoms with E-state index < -0.39 is 0 Å². The summed E-state index contributed by atoms with van der Waals surface area (Å²) in [5, 5.41) is 1.13. The molecule has 0 spiro atoms. The molecule has 2 heterocycles. The number of hydrogen-bond acceptors (Lipinski definition) is 3. The molecule has 2 aromatic rings. The third-order valence-corrected chi connectivity index (χ3v) is 5.02. The third kappa shape index (κ3) is 4.12. The summed E-state index contributed by atoms with van der Waals surface area (Å²) in [5.74, 6) is 0.205. The van der Waals surface area contributed by atoms with E-state index in [-0.39, 0.29) is 5.91 Å². The van der Waals surface area contributed by atoms with Crippen molar-refractivity contribution in [2.24, 2.45) is 0 Å². The van der Waals surface area contributed by atoms with E-state index in [1.807, 2.05) is 31.3 Å². The molecule has 1 saturated heterocycles. The molecule has 3 rings (SSSR count). The second-order valence-corrected chi connectivity index (χ2v) is 6.88. The zero-order valence-corrected chi connectivity index (χ0v) is 14.7. The van der Waals surface area contributed by atoms with Crippen LogP contribution >= 0.6 is 0 Å². The minimum atomic E-state index is 0.205. The normalized spacial score (nSPS) is 16.4. The highest BCUT2D eigenvalue weighted by atomic mass is 16.2.